The molecule has 160 valence electrons. The van der Waals surface area contributed by atoms with Crippen molar-refractivity contribution in [3.8, 4) is 0 Å². The molecule has 7 heteroatoms. The molecule has 0 aliphatic carbocycles. The van der Waals surface area contributed by atoms with E-state index in [1.54, 1.807) is 48.5 Å². The number of hydrogen-bond acceptors (Lipinski definition) is 5. The first-order valence-electron chi connectivity index (χ1n) is 9.96. The zero-order valence-electron chi connectivity index (χ0n) is 18.0. The maximum atomic E-state index is 13.4. The first kappa shape index (κ1) is 22.1. The molecule has 1 saturated heterocycles. The average Bonchev–Trinajstić information content (AvgIpc) is 2.76. The number of nitrogens with one attached hydrogen (secondary N) is 1. The Labute approximate surface area is 181 Å². The number of nitrogens with zero attached hydrogens (tertiary/aromatic N) is 2. The van der Waals surface area contributed by atoms with Crippen LogP contribution in [0, 0.1) is 31.1 Å². The van der Waals surface area contributed by atoms with Crippen LogP contribution >= 0.6 is 0 Å². The smallest absolute Gasteiger partial charge is 0.294 e. The average molecular weight is 419 g/mol. The first-order chi connectivity index (χ1) is 14.6. The molecule has 0 radical (unpaired) electrons. The lowest BCUT2D eigenvalue weighted by Crippen LogP contribution is -2.59. The first-order valence-corrected chi connectivity index (χ1v) is 9.96. The van der Waals surface area contributed by atoms with Crippen molar-refractivity contribution >= 4 is 29.3 Å². The zero-order valence-corrected chi connectivity index (χ0v) is 18.0. The number of carbonyl (C=O) groups excluding carboxylic acids is 4. The van der Waals surface area contributed by atoms with Crippen LogP contribution in [0.4, 0.5) is 4.79 Å². The van der Waals surface area contributed by atoms with Gasteiger partial charge in [0.2, 0.25) is 5.91 Å². The van der Waals surface area contributed by atoms with Crippen molar-refractivity contribution in [1.29, 1.82) is 5.41 Å². The lowest BCUT2D eigenvalue weighted by Gasteiger charge is -2.37. The molecular weight excluding hydrogens is 394 g/mol. The van der Waals surface area contributed by atoms with Crippen molar-refractivity contribution in [2.24, 2.45) is 11.8 Å². The molecule has 3 rings (SSSR count). The van der Waals surface area contributed by atoms with Gasteiger partial charge >= 0.3 is 6.03 Å². The lowest BCUT2D eigenvalue weighted by atomic mass is 9.78. The monoisotopic (exact) mass is 419 g/mol. The number of rotatable bonds is 6. The predicted molar refractivity (Wildman–Crippen MR) is 116 cm³/mol. The number of Topliss-reactive ketones (excluding diaryl/α,β-unsaturated/α-hetero) is 2. The molecule has 2 atom stereocenters. The second-order valence-corrected chi connectivity index (χ2v) is 7.93. The van der Waals surface area contributed by atoms with E-state index >= 15 is 0 Å². The van der Waals surface area contributed by atoms with Crippen LogP contribution < -0.4 is 0 Å². The van der Waals surface area contributed by atoms with Crippen molar-refractivity contribution in [2.45, 2.75) is 20.3 Å². The van der Waals surface area contributed by atoms with Gasteiger partial charge in [0, 0.05) is 37.6 Å². The molecule has 2 aromatic rings. The Morgan fingerprint density at radius 2 is 1.35 bits per heavy atom. The van der Waals surface area contributed by atoms with Crippen LogP contribution in [0.3, 0.4) is 0 Å². The quantitative estimate of drug-likeness (QED) is 0.725. The Bertz CT molecular complexity index is 1030. The van der Waals surface area contributed by atoms with E-state index < -0.39 is 29.6 Å². The summed E-state index contributed by atoms with van der Waals surface area (Å²) in [4.78, 5) is 53.6. The largest absolute Gasteiger partial charge is 0.331 e. The summed E-state index contributed by atoms with van der Waals surface area (Å²) in [5.41, 5.74) is 2.75. The molecule has 1 aliphatic rings. The van der Waals surface area contributed by atoms with Crippen molar-refractivity contribution in [2.75, 3.05) is 14.1 Å². The number of hydrogen-bond donors (Lipinski definition) is 1. The molecule has 0 bridgehead atoms. The third-order valence-electron chi connectivity index (χ3n) is 5.68. The molecule has 2 unspecified atom stereocenters. The van der Waals surface area contributed by atoms with E-state index in [0.717, 1.165) is 20.9 Å². The predicted octanol–water partition coefficient (Wildman–Crippen LogP) is 3.49. The van der Waals surface area contributed by atoms with Crippen molar-refractivity contribution in [3.05, 3.63) is 70.8 Å². The van der Waals surface area contributed by atoms with Crippen molar-refractivity contribution in [3.63, 3.8) is 0 Å². The Morgan fingerprint density at radius 1 is 0.871 bits per heavy atom. The summed E-state index contributed by atoms with van der Waals surface area (Å²) in [6.07, 6.45) is -0.246. The van der Waals surface area contributed by atoms with Crippen LogP contribution in [0.1, 0.15) is 38.3 Å². The van der Waals surface area contributed by atoms with Gasteiger partial charge in [-0.15, -0.1) is 0 Å². The molecule has 1 aliphatic heterocycles. The van der Waals surface area contributed by atoms with Gasteiger partial charge in [0.25, 0.3) is 0 Å². The number of benzene rings is 2. The number of amidine groups is 1. The van der Waals surface area contributed by atoms with Gasteiger partial charge in [-0.3, -0.25) is 29.6 Å². The summed E-state index contributed by atoms with van der Waals surface area (Å²) in [7, 11) is 2.70. The third kappa shape index (κ3) is 4.30. The van der Waals surface area contributed by atoms with Gasteiger partial charge in [-0.25, -0.2) is 4.79 Å². The highest BCUT2D eigenvalue weighted by Gasteiger charge is 2.47. The number of urea groups is 1. The minimum absolute atomic E-state index is 0.246. The SMILES string of the molecule is Cc1ccc(C(=O)CC(C(=O)c2ccc(C)cc2)C2C(=N)N(C)C(=O)N(C)C2=O)cc1. The highest BCUT2D eigenvalue weighted by molar-refractivity contribution is 6.20. The molecule has 0 aromatic heterocycles. The molecule has 0 spiro atoms. The zero-order chi connectivity index (χ0) is 22.9. The van der Waals surface area contributed by atoms with E-state index in [-0.39, 0.29) is 18.0 Å². The normalized spacial score (nSPS) is 17.7. The molecule has 1 heterocycles. The highest BCUT2D eigenvalue weighted by atomic mass is 16.2. The van der Waals surface area contributed by atoms with Crippen molar-refractivity contribution < 1.29 is 19.2 Å². The van der Waals surface area contributed by atoms with Gasteiger partial charge in [-0.1, -0.05) is 59.7 Å². The second kappa shape index (κ2) is 8.63. The molecule has 2 aromatic carbocycles. The summed E-state index contributed by atoms with van der Waals surface area (Å²) < 4.78 is 0. The Hall–Kier alpha value is -3.61. The molecule has 1 fully saturated rings. The van der Waals surface area contributed by atoms with E-state index in [1.165, 1.54) is 14.1 Å². The summed E-state index contributed by atoms with van der Waals surface area (Å²) in [5.74, 6) is -3.97. The van der Waals surface area contributed by atoms with Gasteiger partial charge in [-0.05, 0) is 13.8 Å². The van der Waals surface area contributed by atoms with Crippen molar-refractivity contribution in [1.82, 2.24) is 9.80 Å². The fraction of sp³-hybridized carbons (Fsp3) is 0.292. The number of amides is 3. The minimum Gasteiger partial charge on any atom is -0.294 e. The molecular formula is C24H25N3O4. The molecule has 31 heavy (non-hydrogen) atoms. The lowest BCUT2D eigenvalue weighted by molar-refractivity contribution is -0.131. The molecule has 0 saturated carbocycles. The fourth-order valence-corrected chi connectivity index (χ4v) is 3.67. The Morgan fingerprint density at radius 3 is 1.87 bits per heavy atom. The van der Waals surface area contributed by atoms with Crippen LogP contribution in [-0.2, 0) is 4.79 Å². The van der Waals surface area contributed by atoms with Crippen LogP contribution in [0.25, 0.3) is 0 Å². The Balaban J connectivity index is 2.02. The summed E-state index contributed by atoms with van der Waals surface area (Å²) in [6, 6.07) is 13.2. The van der Waals surface area contributed by atoms with E-state index in [4.69, 9.17) is 5.41 Å². The van der Waals surface area contributed by atoms with E-state index in [9.17, 15) is 19.2 Å². The van der Waals surface area contributed by atoms with Crippen LogP contribution in [0.15, 0.2) is 48.5 Å². The Kier molecular flexibility index (Phi) is 6.15. The summed E-state index contributed by atoms with van der Waals surface area (Å²) >= 11 is 0. The maximum Gasteiger partial charge on any atom is 0.331 e. The number of carbonyl (C=O) groups is 4. The summed E-state index contributed by atoms with van der Waals surface area (Å²) in [5, 5.41) is 8.39. The van der Waals surface area contributed by atoms with E-state index in [2.05, 4.69) is 0 Å². The topological polar surface area (TPSA) is 98.6 Å². The third-order valence-corrected chi connectivity index (χ3v) is 5.68. The second-order valence-electron chi connectivity index (χ2n) is 7.93. The number of aryl methyl sites for hydroxylation is 2. The minimum atomic E-state index is -1.23. The maximum absolute atomic E-state index is 13.4. The van der Waals surface area contributed by atoms with Crippen LogP contribution in [0.5, 0.6) is 0 Å². The number of imide groups is 1. The number of ketones is 2. The van der Waals surface area contributed by atoms with Gasteiger partial charge in [0.05, 0.1) is 0 Å². The molecule has 1 N–H and O–H groups in total. The fourth-order valence-electron chi connectivity index (χ4n) is 3.67. The van der Waals surface area contributed by atoms with E-state index in [0.29, 0.717) is 11.1 Å². The molecule has 3 amide bonds. The van der Waals surface area contributed by atoms with Crippen LogP contribution in [-0.4, -0.2) is 53.2 Å². The summed E-state index contributed by atoms with van der Waals surface area (Å²) in [6.45, 7) is 3.80. The van der Waals surface area contributed by atoms with Gasteiger partial charge in [0.15, 0.2) is 11.6 Å². The standard InChI is InChI=1S/C24H25N3O4/c1-14-5-9-16(10-6-14)19(28)13-18(21(29)17-11-7-15(2)8-12-17)20-22(25)26(3)24(31)27(4)23(20)30/h5-12,18,20,25H,13H2,1-4H3. The van der Waals surface area contributed by atoms with Gasteiger partial charge in [0.1, 0.15) is 11.8 Å². The van der Waals surface area contributed by atoms with Gasteiger partial charge in [-0.2, -0.15) is 0 Å². The highest BCUT2D eigenvalue weighted by Crippen LogP contribution is 2.30. The van der Waals surface area contributed by atoms with Crippen LogP contribution in [0.2, 0.25) is 0 Å². The van der Waals surface area contributed by atoms with E-state index in [1.807, 2.05) is 13.8 Å². The molecule has 7 nitrogen and oxygen atoms in total. The van der Waals surface area contributed by atoms with Gasteiger partial charge < -0.3 is 0 Å².